The van der Waals surface area contributed by atoms with Crippen molar-refractivity contribution in [3.8, 4) is 5.75 Å². The first kappa shape index (κ1) is 17.5. The number of nitrogens with one attached hydrogen (secondary N) is 2. The van der Waals surface area contributed by atoms with Gasteiger partial charge in [0.15, 0.2) is 0 Å². The molecule has 1 atom stereocenters. The van der Waals surface area contributed by atoms with Crippen molar-refractivity contribution >= 4 is 5.91 Å². The van der Waals surface area contributed by atoms with Gasteiger partial charge >= 0.3 is 0 Å². The van der Waals surface area contributed by atoms with Crippen LogP contribution in [0.1, 0.15) is 30.4 Å². The average molecular weight is 338 g/mol. The minimum atomic E-state index is 0.141. The lowest BCUT2D eigenvalue weighted by Crippen LogP contribution is -2.32. The van der Waals surface area contributed by atoms with Crippen LogP contribution in [-0.4, -0.2) is 25.0 Å². The Labute approximate surface area is 149 Å². The van der Waals surface area contributed by atoms with E-state index in [4.69, 9.17) is 4.74 Å². The van der Waals surface area contributed by atoms with Gasteiger partial charge in [-0.05, 0) is 49.1 Å². The largest absolute Gasteiger partial charge is 0.489 e. The summed E-state index contributed by atoms with van der Waals surface area (Å²) in [6, 6.07) is 18.6. The zero-order valence-corrected chi connectivity index (χ0v) is 14.5. The van der Waals surface area contributed by atoms with Crippen LogP contribution in [-0.2, 0) is 17.8 Å². The van der Waals surface area contributed by atoms with Crippen LogP contribution in [0.15, 0.2) is 54.6 Å². The van der Waals surface area contributed by atoms with Gasteiger partial charge < -0.3 is 15.4 Å². The van der Waals surface area contributed by atoms with Gasteiger partial charge in [0.1, 0.15) is 12.4 Å². The Bertz CT molecular complexity index is 649. The molecular weight excluding hydrogens is 312 g/mol. The maximum absolute atomic E-state index is 11.9. The molecule has 3 rings (SSSR count). The predicted molar refractivity (Wildman–Crippen MR) is 99.6 cm³/mol. The van der Waals surface area contributed by atoms with E-state index in [2.05, 4.69) is 34.9 Å². The van der Waals surface area contributed by atoms with Gasteiger partial charge in [0.05, 0.1) is 0 Å². The van der Waals surface area contributed by atoms with E-state index >= 15 is 0 Å². The molecule has 0 aliphatic carbocycles. The molecule has 25 heavy (non-hydrogen) atoms. The Kier molecular flexibility index (Phi) is 6.46. The lowest BCUT2D eigenvalue weighted by atomic mass is 10.1. The van der Waals surface area contributed by atoms with Crippen LogP contribution in [0.3, 0.4) is 0 Å². The molecule has 2 aromatic carbocycles. The highest BCUT2D eigenvalue weighted by atomic mass is 16.5. The molecular formula is C21H26N2O2. The van der Waals surface area contributed by atoms with Crippen molar-refractivity contribution in [1.29, 1.82) is 0 Å². The third-order valence-corrected chi connectivity index (χ3v) is 4.50. The zero-order valence-electron chi connectivity index (χ0n) is 14.5. The van der Waals surface area contributed by atoms with E-state index in [1.165, 1.54) is 12.0 Å². The normalized spacial score (nSPS) is 16.6. The number of carbonyl (C=O) groups is 1. The van der Waals surface area contributed by atoms with E-state index in [-0.39, 0.29) is 5.91 Å². The summed E-state index contributed by atoms with van der Waals surface area (Å²) in [6.07, 6.45) is 3.71. The van der Waals surface area contributed by atoms with Crippen LogP contribution in [0, 0.1) is 0 Å². The third-order valence-electron chi connectivity index (χ3n) is 4.50. The molecule has 1 unspecified atom stereocenters. The number of amides is 1. The van der Waals surface area contributed by atoms with Gasteiger partial charge in [0, 0.05) is 19.0 Å². The summed E-state index contributed by atoms with van der Waals surface area (Å²) < 4.78 is 5.79. The number of ether oxygens (including phenoxy) is 1. The van der Waals surface area contributed by atoms with Crippen molar-refractivity contribution in [2.45, 2.75) is 38.3 Å². The Morgan fingerprint density at radius 1 is 1.08 bits per heavy atom. The van der Waals surface area contributed by atoms with Crippen molar-refractivity contribution < 1.29 is 9.53 Å². The van der Waals surface area contributed by atoms with Gasteiger partial charge in [-0.1, -0.05) is 42.5 Å². The highest BCUT2D eigenvalue weighted by molar-refractivity contribution is 5.76. The maximum Gasteiger partial charge on any atom is 0.221 e. The second-order valence-electron chi connectivity index (χ2n) is 6.52. The van der Waals surface area contributed by atoms with Crippen molar-refractivity contribution in [2.24, 2.45) is 0 Å². The lowest BCUT2D eigenvalue weighted by molar-refractivity contribution is -0.121. The summed E-state index contributed by atoms with van der Waals surface area (Å²) in [5.74, 6) is 1.01. The molecule has 2 N–H and O–H groups in total. The van der Waals surface area contributed by atoms with Crippen molar-refractivity contribution in [2.75, 3.05) is 13.1 Å². The minimum absolute atomic E-state index is 0.141. The van der Waals surface area contributed by atoms with Gasteiger partial charge in [-0.3, -0.25) is 4.79 Å². The van der Waals surface area contributed by atoms with Gasteiger partial charge in [-0.2, -0.15) is 0 Å². The van der Waals surface area contributed by atoms with E-state index in [0.29, 0.717) is 25.6 Å². The molecule has 4 heteroatoms. The maximum atomic E-state index is 11.9. The second-order valence-corrected chi connectivity index (χ2v) is 6.52. The summed E-state index contributed by atoms with van der Waals surface area (Å²) in [5, 5.41) is 6.36. The fraction of sp³-hybridized carbons (Fsp3) is 0.381. The monoisotopic (exact) mass is 338 g/mol. The van der Waals surface area contributed by atoms with E-state index in [0.717, 1.165) is 30.7 Å². The average Bonchev–Trinajstić information content (AvgIpc) is 3.15. The molecule has 1 aliphatic rings. The smallest absolute Gasteiger partial charge is 0.221 e. The highest BCUT2D eigenvalue weighted by Crippen LogP contribution is 2.14. The molecule has 132 valence electrons. The van der Waals surface area contributed by atoms with Crippen LogP contribution < -0.4 is 15.4 Å². The van der Waals surface area contributed by atoms with Gasteiger partial charge in [0.25, 0.3) is 0 Å². The highest BCUT2D eigenvalue weighted by Gasteiger charge is 2.17. The van der Waals surface area contributed by atoms with Crippen LogP contribution in [0.25, 0.3) is 0 Å². The van der Waals surface area contributed by atoms with Crippen molar-refractivity contribution in [1.82, 2.24) is 10.6 Å². The summed E-state index contributed by atoms with van der Waals surface area (Å²) in [5.41, 5.74) is 2.36. The summed E-state index contributed by atoms with van der Waals surface area (Å²) >= 11 is 0. The van der Waals surface area contributed by atoms with Gasteiger partial charge in [-0.25, -0.2) is 0 Å². The number of carbonyl (C=O) groups excluding carboxylic acids is 1. The first-order valence-corrected chi connectivity index (χ1v) is 9.05. The molecule has 1 fully saturated rings. The van der Waals surface area contributed by atoms with Crippen LogP contribution >= 0.6 is 0 Å². The van der Waals surface area contributed by atoms with Crippen molar-refractivity contribution in [3.63, 3.8) is 0 Å². The quantitative estimate of drug-likeness (QED) is 0.778. The first-order chi connectivity index (χ1) is 12.3. The van der Waals surface area contributed by atoms with E-state index in [1.54, 1.807) is 0 Å². The Hall–Kier alpha value is -2.33. The number of benzene rings is 2. The van der Waals surface area contributed by atoms with Crippen LogP contribution in [0.5, 0.6) is 5.75 Å². The second kappa shape index (κ2) is 9.23. The predicted octanol–water partition coefficient (Wildman–Crippen LogP) is 3.07. The molecule has 2 aromatic rings. The topological polar surface area (TPSA) is 50.4 Å². The Morgan fingerprint density at radius 2 is 1.88 bits per heavy atom. The zero-order chi connectivity index (χ0) is 17.3. The fourth-order valence-electron chi connectivity index (χ4n) is 3.07. The van der Waals surface area contributed by atoms with E-state index in [1.807, 2.05) is 30.3 Å². The number of hydrogen-bond donors (Lipinski definition) is 2. The third kappa shape index (κ3) is 5.91. The summed E-state index contributed by atoms with van der Waals surface area (Å²) in [6.45, 7) is 2.29. The molecule has 1 saturated heterocycles. The van der Waals surface area contributed by atoms with Crippen LogP contribution in [0.2, 0.25) is 0 Å². The Balaban J connectivity index is 1.36. The molecule has 0 bridgehead atoms. The van der Waals surface area contributed by atoms with E-state index in [9.17, 15) is 4.79 Å². The Morgan fingerprint density at radius 3 is 2.60 bits per heavy atom. The SMILES string of the molecule is O=C(CC1CCCN1)NCCc1ccc(OCc2ccccc2)cc1. The molecule has 0 saturated carbocycles. The summed E-state index contributed by atoms with van der Waals surface area (Å²) in [7, 11) is 0. The molecule has 1 aliphatic heterocycles. The molecule has 1 heterocycles. The first-order valence-electron chi connectivity index (χ1n) is 9.05. The van der Waals surface area contributed by atoms with Gasteiger partial charge in [0.2, 0.25) is 5.91 Å². The number of rotatable bonds is 8. The molecule has 0 aromatic heterocycles. The molecule has 4 nitrogen and oxygen atoms in total. The molecule has 0 spiro atoms. The number of hydrogen-bond acceptors (Lipinski definition) is 3. The minimum Gasteiger partial charge on any atom is -0.489 e. The molecule has 0 radical (unpaired) electrons. The van der Waals surface area contributed by atoms with Gasteiger partial charge in [-0.15, -0.1) is 0 Å². The van der Waals surface area contributed by atoms with Crippen molar-refractivity contribution in [3.05, 3.63) is 65.7 Å². The lowest BCUT2D eigenvalue weighted by Gasteiger charge is -2.11. The van der Waals surface area contributed by atoms with Crippen LogP contribution in [0.4, 0.5) is 0 Å². The molecule has 1 amide bonds. The van der Waals surface area contributed by atoms with E-state index < -0.39 is 0 Å². The summed E-state index contributed by atoms with van der Waals surface area (Å²) in [4.78, 5) is 11.9. The fourth-order valence-corrected chi connectivity index (χ4v) is 3.07. The standard InChI is InChI=1S/C21H26N2O2/c24-21(15-19-7-4-13-22-19)23-14-12-17-8-10-20(11-9-17)25-16-18-5-2-1-3-6-18/h1-3,5-6,8-11,19,22H,4,7,12-16H2,(H,23,24).